The number of hydrogen-bond donors (Lipinski definition) is 0. The number of anilines is 1. The predicted molar refractivity (Wildman–Crippen MR) is 107 cm³/mol. The van der Waals surface area contributed by atoms with Gasteiger partial charge in [0.1, 0.15) is 5.52 Å². The molecule has 0 saturated heterocycles. The number of halogens is 1. The smallest absolute Gasteiger partial charge is 0.260 e. The number of fused-ring (bicyclic) bond motifs is 2. The Labute approximate surface area is 165 Å². The van der Waals surface area contributed by atoms with E-state index in [1.807, 2.05) is 31.1 Å². The number of para-hydroxylation sites is 1. The second kappa shape index (κ2) is 7.34. The van der Waals surface area contributed by atoms with Crippen molar-refractivity contribution in [3.8, 4) is 11.5 Å². The van der Waals surface area contributed by atoms with Gasteiger partial charge in [-0.2, -0.15) is 0 Å². The molecule has 0 saturated carbocycles. The zero-order valence-corrected chi connectivity index (χ0v) is 16.5. The van der Waals surface area contributed by atoms with E-state index in [-0.39, 0.29) is 12.7 Å². The number of aromatic nitrogens is 1. The average Bonchev–Trinajstić information content (AvgIpc) is 3.28. The van der Waals surface area contributed by atoms with Gasteiger partial charge in [-0.05, 0) is 44.4 Å². The van der Waals surface area contributed by atoms with Crippen molar-refractivity contribution in [3.63, 3.8) is 0 Å². The predicted octanol–water partition coefficient (Wildman–Crippen LogP) is 3.89. The minimum absolute atomic E-state index is 0.134. The maximum Gasteiger partial charge on any atom is 0.260 e. The van der Waals surface area contributed by atoms with Gasteiger partial charge in [0.2, 0.25) is 6.79 Å². The lowest BCUT2D eigenvalue weighted by Crippen LogP contribution is -2.36. The third-order valence-electron chi connectivity index (χ3n) is 4.22. The SMILES string of the molecule is CN(C)CCN(C(=O)c1ccc2c(c1)OCO2)c1nc2c(Cl)cccc2s1. The lowest BCUT2D eigenvalue weighted by molar-refractivity contribution is 0.0984. The second-order valence-electron chi connectivity index (χ2n) is 6.41. The topological polar surface area (TPSA) is 54.9 Å². The van der Waals surface area contributed by atoms with Gasteiger partial charge in [0, 0.05) is 18.7 Å². The monoisotopic (exact) mass is 403 g/mol. The summed E-state index contributed by atoms with van der Waals surface area (Å²) in [6, 6.07) is 10.9. The molecule has 0 atom stereocenters. The van der Waals surface area contributed by atoms with E-state index >= 15 is 0 Å². The van der Waals surface area contributed by atoms with Crippen LogP contribution in [0.1, 0.15) is 10.4 Å². The number of carbonyl (C=O) groups excluding carboxylic acids is 1. The molecule has 27 heavy (non-hydrogen) atoms. The van der Waals surface area contributed by atoms with Gasteiger partial charge < -0.3 is 14.4 Å². The van der Waals surface area contributed by atoms with Crippen molar-refractivity contribution >= 4 is 44.2 Å². The number of thiazole rings is 1. The van der Waals surface area contributed by atoms with Gasteiger partial charge in [-0.3, -0.25) is 9.69 Å². The Morgan fingerprint density at radius 1 is 1.19 bits per heavy atom. The van der Waals surface area contributed by atoms with E-state index in [0.29, 0.717) is 45.8 Å². The van der Waals surface area contributed by atoms with Crippen LogP contribution in [0.5, 0.6) is 11.5 Å². The maximum atomic E-state index is 13.3. The fourth-order valence-electron chi connectivity index (χ4n) is 2.79. The largest absolute Gasteiger partial charge is 0.454 e. The summed E-state index contributed by atoms with van der Waals surface area (Å²) >= 11 is 7.72. The quantitative estimate of drug-likeness (QED) is 0.647. The Hall–Kier alpha value is -2.35. The Kier molecular flexibility index (Phi) is 4.90. The molecule has 1 aliphatic heterocycles. The first-order valence-electron chi connectivity index (χ1n) is 8.44. The van der Waals surface area contributed by atoms with Crippen LogP contribution in [-0.2, 0) is 0 Å². The Bertz CT molecular complexity index is 1010. The number of hydrogen-bond acceptors (Lipinski definition) is 6. The van der Waals surface area contributed by atoms with E-state index in [0.717, 1.165) is 4.70 Å². The molecule has 6 nitrogen and oxygen atoms in total. The highest BCUT2D eigenvalue weighted by Crippen LogP contribution is 2.35. The van der Waals surface area contributed by atoms with Crippen molar-refractivity contribution < 1.29 is 14.3 Å². The molecule has 0 fully saturated rings. The van der Waals surface area contributed by atoms with Crippen LogP contribution in [0.2, 0.25) is 5.02 Å². The lowest BCUT2D eigenvalue weighted by Gasteiger charge is -2.22. The summed E-state index contributed by atoms with van der Waals surface area (Å²) in [4.78, 5) is 21.6. The molecule has 0 N–H and O–H groups in total. The summed E-state index contributed by atoms with van der Waals surface area (Å²) in [6.45, 7) is 1.39. The molecule has 0 spiro atoms. The van der Waals surface area contributed by atoms with Crippen LogP contribution in [0, 0.1) is 0 Å². The Morgan fingerprint density at radius 3 is 2.78 bits per heavy atom. The van der Waals surface area contributed by atoms with Crippen LogP contribution < -0.4 is 14.4 Å². The average molecular weight is 404 g/mol. The molecule has 1 amide bonds. The molecular formula is C19H18ClN3O3S. The highest BCUT2D eigenvalue weighted by molar-refractivity contribution is 7.22. The minimum Gasteiger partial charge on any atom is -0.454 e. The van der Waals surface area contributed by atoms with Gasteiger partial charge in [-0.25, -0.2) is 4.98 Å². The first kappa shape index (κ1) is 18.0. The number of rotatable bonds is 5. The van der Waals surface area contributed by atoms with Crippen LogP contribution in [-0.4, -0.2) is 49.8 Å². The Balaban J connectivity index is 1.71. The maximum absolute atomic E-state index is 13.3. The molecule has 0 radical (unpaired) electrons. The van der Waals surface area contributed by atoms with Crippen molar-refractivity contribution in [2.24, 2.45) is 0 Å². The van der Waals surface area contributed by atoms with Crippen LogP contribution in [0.4, 0.5) is 5.13 Å². The first-order valence-corrected chi connectivity index (χ1v) is 9.63. The molecule has 0 unspecified atom stereocenters. The molecule has 0 aliphatic carbocycles. The van der Waals surface area contributed by atoms with E-state index in [2.05, 4.69) is 4.98 Å². The summed E-state index contributed by atoms with van der Waals surface area (Å²) in [6.07, 6.45) is 0. The van der Waals surface area contributed by atoms with Gasteiger partial charge in [-0.1, -0.05) is 29.0 Å². The van der Waals surface area contributed by atoms with Gasteiger partial charge >= 0.3 is 0 Å². The zero-order valence-electron chi connectivity index (χ0n) is 14.9. The van der Waals surface area contributed by atoms with Gasteiger partial charge in [0.15, 0.2) is 16.6 Å². The molecule has 3 aromatic rings. The van der Waals surface area contributed by atoms with Crippen LogP contribution >= 0.6 is 22.9 Å². The number of likely N-dealkylation sites (N-methyl/N-ethyl adjacent to an activating group) is 1. The third-order valence-corrected chi connectivity index (χ3v) is 5.57. The summed E-state index contributed by atoms with van der Waals surface area (Å²) in [5.41, 5.74) is 1.25. The molecule has 0 bridgehead atoms. The molecule has 2 heterocycles. The van der Waals surface area contributed by atoms with Crippen molar-refractivity contribution in [1.82, 2.24) is 9.88 Å². The number of carbonyl (C=O) groups is 1. The van der Waals surface area contributed by atoms with Crippen molar-refractivity contribution in [2.75, 3.05) is 38.9 Å². The lowest BCUT2D eigenvalue weighted by atomic mass is 10.2. The number of amides is 1. The molecule has 4 rings (SSSR count). The van der Waals surface area contributed by atoms with E-state index < -0.39 is 0 Å². The van der Waals surface area contributed by atoms with E-state index in [4.69, 9.17) is 21.1 Å². The molecular weight excluding hydrogens is 386 g/mol. The summed E-state index contributed by atoms with van der Waals surface area (Å²) in [5, 5.41) is 1.21. The number of ether oxygens (including phenoxy) is 2. The van der Waals surface area contributed by atoms with Gasteiger partial charge in [0.25, 0.3) is 5.91 Å². The molecule has 1 aliphatic rings. The van der Waals surface area contributed by atoms with Gasteiger partial charge in [0.05, 0.1) is 9.72 Å². The summed E-state index contributed by atoms with van der Waals surface area (Å²) in [5.74, 6) is 1.10. The molecule has 140 valence electrons. The fraction of sp³-hybridized carbons (Fsp3) is 0.263. The van der Waals surface area contributed by atoms with Crippen molar-refractivity contribution in [3.05, 3.63) is 47.0 Å². The highest BCUT2D eigenvalue weighted by Gasteiger charge is 2.24. The third kappa shape index (κ3) is 3.58. The Morgan fingerprint density at radius 2 is 2.00 bits per heavy atom. The number of nitrogens with zero attached hydrogens (tertiary/aromatic N) is 3. The molecule has 8 heteroatoms. The van der Waals surface area contributed by atoms with Crippen molar-refractivity contribution in [1.29, 1.82) is 0 Å². The normalized spacial score (nSPS) is 12.7. The molecule has 1 aromatic heterocycles. The number of benzene rings is 2. The van der Waals surface area contributed by atoms with E-state index in [1.54, 1.807) is 29.2 Å². The van der Waals surface area contributed by atoms with Crippen LogP contribution in [0.25, 0.3) is 10.2 Å². The fourth-order valence-corrected chi connectivity index (χ4v) is 4.08. The minimum atomic E-state index is -0.134. The summed E-state index contributed by atoms with van der Waals surface area (Å²) < 4.78 is 11.7. The second-order valence-corrected chi connectivity index (χ2v) is 7.83. The zero-order chi connectivity index (χ0) is 19.0. The molecule has 2 aromatic carbocycles. The summed E-state index contributed by atoms with van der Waals surface area (Å²) in [7, 11) is 3.94. The van der Waals surface area contributed by atoms with E-state index in [9.17, 15) is 4.79 Å². The van der Waals surface area contributed by atoms with Crippen LogP contribution in [0.3, 0.4) is 0 Å². The highest BCUT2D eigenvalue weighted by atomic mass is 35.5. The standard InChI is InChI=1S/C19H18ClN3O3S/c1-22(2)8-9-23(19-21-17-13(20)4-3-5-16(17)27-19)18(24)12-6-7-14-15(10-12)26-11-25-14/h3-7,10H,8-9,11H2,1-2H3. The van der Waals surface area contributed by atoms with Crippen molar-refractivity contribution in [2.45, 2.75) is 0 Å². The van der Waals surface area contributed by atoms with Gasteiger partial charge in [-0.15, -0.1) is 0 Å². The van der Waals surface area contributed by atoms with E-state index in [1.165, 1.54) is 11.3 Å². The first-order chi connectivity index (χ1) is 13.0. The van der Waals surface area contributed by atoms with Crippen LogP contribution in [0.15, 0.2) is 36.4 Å².